The summed E-state index contributed by atoms with van der Waals surface area (Å²) >= 11 is 1.43. The van der Waals surface area contributed by atoms with E-state index in [1.165, 1.54) is 11.8 Å². The highest BCUT2D eigenvalue weighted by Gasteiger charge is 2.18. The van der Waals surface area contributed by atoms with Crippen LogP contribution in [-0.4, -0.2) is 43.4 Å². The molecule has 0 unspecified atom stereocenters. The fourth-order valence-corrected chi connectivity index (χ4v) is 2.34. The Morgan fingerprint density at radius 2 is 2.00 bits per heavy atom. The van der Waals surface area contributed by atoms with Gasteiger partial charge in [0.25, 0.3) is 0 Å². The van der Waals surface area contributed by atoms with Crippen LogP contribution in [0.2, 0.25) is 0 Å². The van der Waals surface area contributed by atoms with Gasteiger partial charge in [0.15, 0.2) is 5.17 Å². The van der Waals surface area contributed by atoms with Crippen LogP contribution in [0.1, 0.15) is 0 Å². The summed E-state index contributed by atoms with van der Waals surface area (Å²) in [5.41, 5.74) is 1.52. The number of carbonyl (C=O) groups is 2. The molecule has 20 heavy (non-hydrogen) atoms. The van der Waals surface area contributed by atoms with Gasteiger partial charge in [-0.05, 0) is 18.2 Å². The summed E-state index contributed by atoms with van der Waals surface area (Å²) in [4.78, 5) is 29.5. The minimum absolute atomic E-state index is 0.507. The van der Waals surface area contributed by atoms with Crippen molar-refractivity contribution in [3.63, 3.8) is 0 Å². The van der Waals surface area contributed by atoms with E-state index in [2.05, 4.69) is 15.6 Å². The lowest BCUT2D eigenvalue weighted by Crippen LogP contribution is -2.37. The van der Waals surface area contributed by atoms with Gasteiger partial charge in [-0.3, -0.25) is 19.9 Å². The van der Waals surface area contributed by atoms with Crippen molar-refractivity contribution >= 4 is 40.1 Å². The molecule has 0 aliphatic carbocycles. The second-order valence-corrected chi connectivity index (χ2v) is 5.47. The smallest absolute Gasteiger partial charge is 0.315 e. The second kappa shape index (κ2) is 6.42. The molecule has 0 atom stereocenters. The van der Waals surface area contributed by atoms with Gasteiger partial charge in [-0.15, -0.1) is 0 Å². The van der Waals surface area contributed by atoms with Gasteiger partial charge >= 0.3 is 11.8 Å². The first-order valence-electron chi connectivity index (χ1n) is 6.13. The minimum atomic E-state index is -0.701. The summed E-state index contributed by atoms with van der Waals surface area (Å²) in [6.07, 6.45) is 0. The molecule has 2 amide bonds. The average Bonchev–Trinajstić information content (AvgIpc) is 2.91. The summed E-state index contributed by atoms with van der Waals surface area (Å²) in [6.45, 7) is 0.673. The van der Waals surface area contributed by atoms with E-state index in [1.807, 2.05) is 31.1 Å². The maximum absolute atomic E-state index is 11.8. The van der Waals surface area contributed by atoms with Crippen LogP contribution in [0.5, 0.6) is 0 Å². The van der Waals surface area contributed by atoms with Crippen molar-refractivity contribution in [3.05, 3.63) is 24.3 Å². The van der Waals surface area contributed by atoms with E-state index in [1.54, 1.807) is 12.1 Å². The van der Waals surface area contributed by atoms with E-state index >= 15 is 0 Å². The lowest BCUT2D eigenvalue weighted by molar-refractivity contribution is -0.135. The van der Waals surface area contributed by atoms with Gasteiger partial charge in [-0.1, -0.05) is 17.8 Å². The number of rotatable bonds is 2. The van der Waals surface area contributed by atoms with Crippen LogP contribution in [0.3, 0.4) is 0 Å². The largest absolute Gasteiger partial charge is 0.378 e. The van der Waals surface area contributed by atoms with Gasteiger partial charge in [-0.2, -0.15) is 0 Å². The Morgan fingerprint density at radius 1 is 1.25 bits per heavy atom. The van der Waals surface area contributed by atoms with Gasteiger partial charge in [0, 0.05) is 31.2 Å². The van der Waals surface area contributed by atoms with E-state index in [9.17, 15) is 9.59 Å². The quantitative estimate of drug-likeness (QED) is 0.795. The number of amidine groups is 1. The first-order chi connectivity index (χ1) is 9.56. The zero-order chi connectivity index (χ0) is 14.5. The molecule has 2 N–H and O–H groups in total. The number of aliphatic imine (C=N–C) groups is 1. The van der Waals surface area contributed by atoms with Crippen molar-refractivity contribution in [1.29, 1.82) is 0 Å². The van der Waals surface area contributed by atoms with E-state index in [0.29, 0.717) is 17.4 Å². The SMILES string of the molecule is CN(C)c1cccc(NC(=O)C(=O)NC2=NCCS2)c1. The molecule has 0 fully saturated rings. The van der Waals surface area contributed by atoms with Gasteiger partial charge in [-0.25, -0.2) is 0 Å². The number of anilines is 2. The number of thioether (sulfide) groups is 1. The third-order valence-electron chi connectivity index (χ3n) is 2.63. The van der Waals surface area contributed by atoms with E-state index in [0.717, 1.165) is 11.4 Å². The molecule has 0 aromatic heterocycles. The molecule has 106 valence electrons. The van der Waals surface area contributed by atoms with Crippen LogP contribution < -0.4 is 15.5 Å². The molecule has 7 heteroatoms. The topological polar surface area (TPSA) is 73.8 Å². The van der Waals surface area contributed by atoms with Crippen molar-refractivity contribution in [1.82, 2.24) is 5.32 Å². The van der Waals surface area contributed by atoms with Gasteiger partial charge in [0.2, 0.25) is 0 Å². The zero-order valence-corrected chi connectivity index (χ0v) is 12.2. The van der Waals surface area contributed by atoms with Gasteiger partial charge < -0.3 is 10.2 Å². The van der Waals surface area contributed by atoms with E-state index in [-0.39, 0.29) is 0 Å². The Morgan fingerprint density at radius 3 is 2.65 bits per heavy atom. The van der Waals surface area contributed by atoms with Crippen LogP contribution >= 0.6 is 11.8 Å². The third kappa shape index (κ3) is 3.74. The summed E-state index contributed by atoms with van der Waals surface area (Å²) in [5.74, 6) is -0.563. The van der Waals surface area contributed by atoms with E-state index in [4.69, 9.17) is 0 Å². The minimum Gasteiger partial charge on any atom is -0.378 e. The van der Waals surface area contributed by atoms with Crippen LogP contribution in [0.4, 0.5) is 11.4 Å². The van der Waals surface area contributed by atoms with Crippen LogP contribution in [0.15, 0.2) is 29.3 Å². The molecule has 1 aliphatic rings. The maximum atomic E-state index is 11.8. The molecule has 0 saturated carbocycles. The van der Waals surface area contributed by atoms with Crippen molar-refractivity contribution in [2.45, 2.75) is 0 Å². The zero-order valence-electron chi connectivity index (χ0n) is 11.3. The molecule has 1 aromatic rings. The highest BCUT2D eigenvalue weighted by Crippen LogP contribution is 2.17. The number of benzene rings is 1. The molecule has 0 radical (unpaired) electrons. The molecule has 2 rings (SSSR count). The lowest BCUT2D eigenvalue weighted by Gasteiger charge is -2.13. The Labute approximate surface area is 121 Å². The molecule has 0 saturated heterocycles. The molecule has 1 heterocycles. The fourth-order valence-electron chi connectivity index (χ4n) is 1.61. The third-order valence-corrected chi connectivity index (χ3v) is 3.52. The monoisotopic (exact) mass is 292 g/mol. The molecule has 0 spiro atoms. The summed E-state index contributed by atoms with van der Waals surface area (Å²) in [6, 6.07) is 7.27. The van der Waals surface area contributed by atoms with Crippen molar-refractivity contribution in [3.8, 4) is 0 Å². The Hall–Kier alpha value is -2.02. The summed E-state index contributed by atoms with van der Waals surface area (Å²) in [5, 5.41) is 5.56. The Kier molecular flexibility index (Phi) is 4.62. The van der Waals surface area contributed by atoms with Crippen LogP contribution in [-0.2, 0) is 9.59 Å². The predicted octanol–water partition coefficient (Wildman–Crippen LogP) is 0.910. The molecule has 1 aromatic carbocycles. The fraction of sp³-hybridized carbons (Fsp3) is 0.308. The molecule has 6 nitrogen and oxygen atoms in total. The standard InChI is InChI=1S/C13H16N4O2S/c1-17(2)10-5-3-4-9(8-10)15-11(18)12(19)16-13-14-6-7-20-13/h3-5,8H,6-7H2,1-2H3,(H,15,18)(H,14,16,19). The highest BCUT2D eigenvalue weighted by atomic mass is 32.2. The van der Waals surface area contributed by atoms with Crippen molar-refractivity contribution in [2.75, 3.05) is 36.6 Å². The first-order valence-corrected chi connectivity index (χ1v) is 7.12. The molecular formula is C13H16N4O2S. The molecule has 0 bridgehead atoms. The van der Waals surface area contributed by atoms with Crippen molar-refractivity contribution < 1.29 is 9.59 Å². The van der Waals surface area contributed by atoms with E-state index < -0.39 is 11.8 Å². The second-order valence-electron chi connectivity index (χ2n) is 4.39. The highest BCUT2D eigenvalue weighted by molar-refractivity contribution is 8.14. The molecule has 1 aliphatic heterocycles. The Balaban J connectivity index is 1.96. The summed E-state index contributed by atoms with van der Waals surface area (Å²) < 4.78 is 0. The summed E-state index contributed by atoms with van der Waals surface area (Å²) in [7, 11) is 3.81. The Bertz CT molecular complexity index is 557. The number of hydrogen-bond donors (Lipinski definition) is 2. The van der Waals surface area contributed by atoms with Gasteiger partial charge in [0.05, 0.1) is 6.54 Å². The van der Waals surface area contributed by atoms with Crippen LogP contribution in [0.25, 0.3) is 0 Å². The number of hydrogen-bond acceptors (Lipinski definition) is 5. The normalized spacial score (nSPS) is 13.6. The average molecular weight is 292 g/mol. The van der Waals surface area contributed by atoms with Gasteiger partial charge in [0.1, 0.15) is 0 Å². The number of nitrogens with zero attached hydrogens (tertiary/aromatic N) is 2. The number of carbonyl (C=O) groups excluding carboxylic acids is 2. The molecular weight excluding hydrogens is 276 g/mol. The van der Waals surface area contributed by atoms with Crippen molar-refractivity contribution in [2.24, 2.45) is 4.99 Å². The lowest BCUT2D eigenvalue weighted by atomic mass is 10.2. The number of amides is 2. The maximum Gasteiger partial charge on any atom is 0.315 e. The predicted molar refractivity (Wildman–Crippen MR) is 82.3 cm³/mol. The number of nitrogens with one attached hydrogen (secondary N) is 2. The van der Waals surface area contributed by atoms with Crippen LogP contribution in [0, 0.1) is 0 Å². The first kappa shape index (κ1) is 14.4.